The van der Waals surface area contributed by atoms with Gasteiger partial charge in [0.15, 0.2) is 0 Å². The first-order valence-corrected chi connectivity index (χ1v) is 16.6. The second-order valence-electron chi connectivity index (χ2n) is 11.0. The van der Waals surface area contributed by atoms with Crippen molar-refractivity contribution in [1.29, 1.82) is 0 Å². The highest BCUT2D eigenvalue weighted by atomic mass is 79.9. The summed E-state index contributed by atoms with van der Waals surface area (Å²) in [6.07, 6.45) is 1.35. The van der Waals surface area contributed by atoms with Crippen LogP contribution in [0.5, 0.6) is 0 Å². The largest absolute Gasteiger partial charge is 0.407 e. The molecule has 0 saturated carbocycles. The Hall–Kier alpha value is -2.01. The SMILES string of the molecule is CC(C)(C[C@H](C#Cc1cccc(Br)c1)CCO[Si](c1ccccc1)(c1ccccc1)C(C)(C)C)S(N)=O. The molecular weight excluding hydrogens is 558 g/mol. The molecule has 37 heavy (non-hydrogen) atoms. The summed E-state index contributed by atoms with van der Waals surface area (Å²) >= 11 is 3.52. The summed E-state index contributed by atoms with van der Waals surface area (Å²) in [5, 5.41) is 8.27. The molecule has 0 fully saturated rings. The topological polar surface area (TPSA) is 52.3 Å². The van der Waals surface area contributed by atoms with Crippen LogP contribution in [0.2, 0.25) is 5.04 Å². The molecule has 0 bridgehead atoms. The maximum absolute atomic E-state index is 12.3. The first-order valence-electron chi connectivity index (χ1n) is 12.6. The van der Waals surface area contributed by atoms with Gasteiger partial charge in [-0.05, 0) is 60.3 Å². The van der Waals surface area contributed by atoms with Crippen molar-refractivity contribution < 1.29 is 8.63 Å². The highest BCUT2D eigenvalue weighted by Crippen LogP contribution is 2.37. The Morgan fingerprint density at radius 2 is 1.49 bits per heavy atom. The highest BCUT2D eigenvalue weighted by molar-refractivity contribution is 9.10. The molecule has 0 aliphatic heterocycles. The average Bonchev–Trinajstić information content (AvgIpc) is 2.85. The van der Waals surface area contributed by atoms with Crippen LogP contribution in [0.4, 0.5) is 0 Å². The van der Waals surface area contributed by atoms with E-state index in [1.807, 2.05) is 38.1 Å². The summed E-state index contributed by atoms with van der Waals surface area (Å²) in [5.74, 6) is 6.76. The minimum Gasteiger partial charge on any atom is -0.407 e. The number of benzene rings is 3. The Balaban J connectivity index is 1.95. The van der Waals surface area contributed by atoms with E-state index in [9.17, 15) is 4.21 Å². The maximum atomic E-state index is 12.3. The summed E-state index contributed by atoms with van der Waals surface area (Å²) in [5.41, 5.74) is 0.943. The van der Waals surface area contributed by atoms with Crippen molar-refractivity contribution >= 4 is 45.6 Å². The lowest BCUT2D eigenvalue weighted by Gasteiger charge is -2.43. The molecule has 3 nitrogen and oxygen atoms in total. The van der Waals surface area contributed by atoms with E-state index in [-0.39, 0.29) is 11.0 Å². The fraction of sp³-hybridized carbons (Fsp3) is 0.355. The van der Waals surface area contributed by atoms with E-state index in [4.69, 9.17) is 9.56 Å². The van der Waals surface area contributed by atoms with Gasteiger partial charge in [0.25, 0.3) is 8.32 Å². The number of halogens is 1. The molecule has 0 saturated heterocycles. The standard InChI is InChI=1S/C31H38BrNO2SSi/c1-30(2,3)37(28-15-8-6-9-16-28,29-17-10-7-11-18-29)35-22-21-26(24-31(4,5)36(33)34)20-19-25-13-12-14-27(32)23-25/h6-18,23,26H,21-22,24,33H2,1-5H3/t26-,36?/m1/s1. The van der Waals surface area contributed by atoms with Gasteiger partial charge in [-0.1, -0.05) is 115 Å². The van der Waals surface area contributed by atoms with Crippen molar-refractivity contribution in [2.75, 3.05) is 6.61 Å². The van der Waals surface area contributed by atoms with Gasteiger partial charge in [0.1, 0.15) is 0 Å². The van der Waals surface area contributed by atoms with E-state index in [2.05, 4.69) is 109 Å². The average molecular weight is 597 g/mol. The van der Waals surface area contributed by atoms with E-state index < -0.39 is 24.1 Å². The van der Waals surface area contributed by atoms with E-state index in [0.29, 0.717) is 13.0 Å². The molecule has 0 radical (unpaired) electrons. The van der Waals surface area contributed by atoms with Crippen LogP contribution in [0.15, 0.2) is 89.4 Å². The first-order chi connectivity index (χ1) is 17.5. The third-order valence-electron chi connectivity index (χ3n) is 6.73. The zero-order valence-electron chi connectivity index (χ0n) is 22.5. The van der Waals surface area contributed by atoms with Gasteiger partial charge in [-0.15, -0.1) is 0 Å². The normalized spacial score (nSPS) is 13.9. The number of hydrogen-bond donors (Lipinski definition) is 1. The van der Waals surface area contributed by atoms with Crippen molar-refractivity contribution in [3.8, 4) is 11.8 Å². The van der Waals surface area contributed by atoms with E-state index in [1.165, 1.54) is 10.4 Å². The molecule has 0 amide bonds. The van der Waals surface area contributed by atoms with Gasteiger partial charge in [0.2, 0.25) is 0 Å². The predicted octanol–water partition coefficient (Wildman–Crippen LogP) is 6.17. The fourth-order valence-electron chi connectivity index (χ4n) is 4.77. The van der Waals surface area contributed by atoms with Gasteiger partial charge < -0.3 is 4.43 Å². The number of rotatable bonds is 9. The molecular formula is C31H38BrNO2SSi. The van der Waals surface area contributed by atoms with Crippen LogP contribution in [0.25, 0.3) is 0 Å². The monoisotopic (exact) mass is 595 g/mol. The molecule has 0 heterocycles. The van der Waals surface area contributed by atoms with Gasteiger partial charge in [-0.25, -0.2) is 4.21 Å². The summed E-state index contributed by atoms with van der Waals surface area (Å²) in [6.45, 7) is 11.3. The molecule has 2 atom stereocenters. The van der Waals surface area contributed by atoms with Crippen LogP contribution in [0.3, 0.4) is 0 Å². The summed E-state index contributed by atoms with van der Waals surface area (Å²) in [6, 6.07) is 29.3. The smallest absolute Gasteiger partial charge is 0.261 e. The van der Waals surface area contributed by atoms with Crippen LogP contribution >= 0.6 is 15.9 Å². The van der Waals surface area contributed by atoms with Gasteiger partial charge >= 0.3 is 0 Å². The zero-order chi connectivity index (χ0) is 27.1. The van der Waals surface area contributed by atoms with Crippen LogP contribution in [-0.4, -0.2) is 23.9 Å². The quantitative estimate of drug-likeness (QED) is 0.237. The molecule has 3 aromatic rings. The summed E-state index contributed by atoms with van der Waals surface area (Å²) in [7, 11) is -4.08. The van der Waals surface area contributed by atoms with Gasteiger partial charge in [0, 0.05) is 22.6 Å². The molecule has 6 heteroatoms. The van der Waals surface area contributed by atoms with Crippen molar-refractivity contribution in [3.63, 3.8) is 0 Å². The second kappa shape index (κ2) is 12.7. The Morgan fingerprint density at radius 1 is 0.919 bits per heavy atom. The highest BCUT2D eigenvalue weighted by Gasteiger charge is 2.50. The first kappa shape index (κ1) is 29.5. The van der Waals surface area contributed by atoms with Crippen molar-refractivity contribution in [2.45, 2.75) is 57.2 Å². The third-order valence-corrected chi connectivity index (χ3v) is 13.5. The minimum absolute atomic E-state index is 0.0142. The van der Waals surface area contributed by atoms with E-state index >= 15 is 0 Å². The Morgan fingerprint density at radius 3 is 1.97 bits per heavy atom. The zero-order valence-corrected chi connectivity index (χ0v) is 25.9. The summed E-state index contributed by atoms with van der Waals surface area (Å²) < 4.78 is 19.8. The molecule has 2 N–H and O–H groups in total. The molecule has 0 spiro atoms. The van der Waals surface area contributed by atoms with E-state index in [1.54, 1.807) is 0 Å². The molecule has 1 unspecified atom stereocenters. The molecule has 3 aromatic carbocycles. The van der Waals surface area contributed by atoms with Crippen LogP contribution in [0.1, 0.15) is 53.0 Å². The van der Waals surface area contributed by atoms with Gasteiger partial charge in [-0.3, -0.25) is 5.14 Å². The lowest BCUT2D eigenvalue weighted by Crippen LogP contribution is -2.66. The van der Waals surface area contributed by atoms with Crippen molar-refractivity contribution in [3.05, 3.63) is 95.0 Å². The molecule has 0 aliphatic rings. The Bertz CT molecular complexity index is 1210. The second-order valence-corrected chi connectivity index (χ2v) is 18.0. The van der Waals surface area contributed by atoms with Gasteiger partial charge in [-0.2, -0.15) is 0 Å². The Labute approximate surface area is 235 Å². The minimum atomic E-state index is -2.63. The number of hydrogen-bond acceptors (Lipinski definition) is 2. The lowest BCUT2D eigenvalue weighted by molar-refractivity contribution is 0.270. The van der Waals surface area contributed by atoms with Crippen LogP contribution < -0.4 is 15.5 Å². The Kier molecular flexibility index (Phi) is 10.1. The summed E-state index contributed by atoms with van der Waals surface area (Å²) in [4.78, 5) is 0. The predicted molar refractivity (Wildman–Crippen MR) is 164 cm³/mol. The fourth-order valence-corrected chi connectivity index (χ4v) is 10.1. The number of nitrogens with two attached hydrogens (primary N) is 1. The van der Waals surface area contributed by atoms with E-state index in [0.717, 1.165) is 16.5 Å². The molecule has 0 aliphatic carbocycles. The molecule has 3 rings (SSSR count). The molecule has 0 aromatic heterocycles. The lowest BCUT2D eigenvalue weighted by atomic mass is 9.94. The van der Waals surface area contributed by atoms with Gasteiger partial charge in [0.05, 0.1) is 15.7 Å². The van der Waals surface area contributed by atoms with Crippen LogP contribution in [-0.2, 0) is 15.4 Å². The van der Waals surface area contributed by atoms with Crippen LogP contribution in [0, 0.1) is 17.8 Å². The third kappa shape index (κ3) is 7.52. The van der Waals surface area contributed by atoms with Crippen molar-refractivity contribution in [2.24, 2.45) is 11.1 Å². The maximum Gasteiger partial charge on any atom is 0.261 e. The molecule has 196 valence electrons. The van der Waals surface area contributed by atoms with Crippen molar-refractivity contribution in [1.82, 2.24) is 0 Å².